The molecule has 2 aromatic carbocycles. The summed E-state index contributed by atoms with van der Waals surface area (Å²) in [4.78, 5) is 21.9. The quantitative estimate of drug-likeness (QED) is 0.647. The van der Waals surface area contributed by atoms with E-state index in [1.165, 1.54) is 0 Å². The maximum Gasteiger partial charge on any atom is 0.235 e. The Labute approximate surface area is 186 Å². The number of amides is 1. The second-order valence-electron chi connectivity index (χ2n) is 7.56. The summed E-state index contributed by atoms with van der Waals surface area (Å²) < 4.78 is 0. The van der Waals surface area contributed by atoms with Crippen molar-refractivity contribution < 1.29 is 4.79 Å². The molecule has 1 N–H and O–H groups in total. The van der Waals surface area contributed by atoms with Gasteiger partial charge in [0.2, 0.25) is 5.91 Å². The van der Waals surface area contributed by atoms with E-state index in [0.717, 1.165) is 48.9 Å². The molecule has 2 heterocycles. The zero-order valence-electron chi connectivity index (χ0n) is 17.3. The van der Waals surface area contributed by atoms with Crippen molar-refractivity contribution >= 4 is 22.9 Å². The van der Waals surface area contributed by atoms with Gasteiger partial charge in [-0.3, -0.25) is 9.69 Å². The molecule has 158 valence electrons. The number of hydrogen-bond acceptors (Lipinski definition) is 6. The van der Waals surface area contributed by atoms with Crippen molar-refractivity contribution in [2.45, 2.75) is 12.5 Å². The topological polar surface area (TPSA) is 72.3 Å². The summed E-state index contributed by atoms with van der Waals surface area (Å²) >= 11 is 1.55. The molecule has 31 heavy (non-hydrogen) atoms. The predicted octanol–water partition coefficient (Wildman–Crippen LogP) is 3.43. The first kappa shape index (κ1) is 21.0. The molecule has 0 bridgehead atoms. The molecule has 1 atom stereocenters. The lowest BCUT2D eigenvalue weighted by Crippen LogP contribution is -2.40. The fraction of sp³-hybridized carbons (Fsp3) is 0.292. The highest BCUT2D eigenvalue weighted by Gasteiger charge is 2.22. The van der Waals surface area contributed by atoms with E-state index in [1.54, 1.807) is 17.5 Å². The molecule has 0 aliphatic carbocycles. The van der Waals surface area contributed by atoms with E-state index in [1.807, 2.05) is 60.0 Å². The Balaban J connectivity index is 1.36. The number of anilines is 1. The van der Waals surface area contributed by atoms with Crippen LogP contribution < -0.4 is 10.2 Å². The van der Waals surface area contributed by atoms with E-state index in [4.69, 9.17) is 5.26 Å². The van der Waals surface area contributed by atoms with Crippen LogP contribution in [0.15, 0.2) is 66.2 Å². The van der Waals surface area contributed by atoms with Crippen molar-refractivity contribution in [3.8, 4) is 6.07 Å². The molecule has 6 nitrogen and oxygen atoms in total. The molecule has 1 saturated heterocycles. The molecule has 1 aliphatic heterocycles. The van der Waals surface area contributed by atoms with Crippen LogP contribution in [-0.2, 0) is 4.79 Å². The normalized spacial score (nSPS) is 15.6. The van der Waals surface area contributed by atoms with Gasteiger partial charge in [-0.2, -0.15) is 5.26 Å². The molecular weight excluding hydrogens is 406 g/mol. The number of carbonyl (C=O) groups is 1. The lowest BCUT2D eigenvalue weighted by molar-refractivity contribution is -0.122. The Hall–Kier alpha value is -3.21. The predicted molar refractivity (Wildman–Crippen MR) is 123 cm³/mol. The number of nitrogens with zero attached hydrogens (tertiary/aromatic N) is 4. The van der Waals surface area contributed by atoms with Crippen LogP contribution in [0.3, 0.4) is 0 Å². The summed E-state index contributed by atoms with van der Waals surface area (Å²) in [6, 6.07) is 19.6. The standard InChI is InChI=1S/C24H25N5OS/c25-17-19-7-9-21(10-8-19)29-13-4-12-28(14-15-29)18-22(30)27-23(24-26-11-16-31-24)20-5-2-1-3-6-20/h1-3,5-11,16,23H,4,12-15,18H2,(H,27,30). The number of rotatable bonds is 6. The van der Waals surface area contributed by atoms with Crippen molar-refractivity contribution in [2.75, 3.05) is 37.6 Å². The van der Waals surface area contributed by atoms with Gasteiger partial charge in [-0.25, -0.2) is 4.98 Å². The van der Waals surface area contributed by atoms with E-state index < -0.39 is 0 Å². The summed E-state index contributed by atoms with van der Waals surface area (Å²) in [7, 11) is 0. The van der Waals surface area contributed by atoms with Crippen LogP contribution in [0.5, 0.6) is 0 Å². The zero-order valence-corrected chi connectivity index (χ0v) is 18.1. The number of carbonyl (C=O) groups excluding carboxylic acids is 1. The third-order valence-electron chi connectivity index (χ3n) is 5.45. The number of benzene rings is 2. The SMILES string of the molecule is N#Cc1ccc(N2CCCN(CC(=O)NC(c3ccccc3)c3nccs3)CC2)cc1. The fourth-order valence-corrected chi connectivity index (χ4v) is 4.57. The van der Waals surface area contributed by atoms with E-state index in [-0.39, 0.29) is 11.9 Å². The molecule has 4 rings (SSSR count). The van der Waals surface area contributed by atoms with Gasteiger partial charge in [0.1, 0.15) is 11.0 Å². The monoisotopic (exact) mass is 431 g/mol. The summed E-state index contributed by atoms with van der Waals surface area (Å²) in [6.07, 6.45) is 2.76. The van der Waals surface area contributed by atoms with Gasteiger partial charge in [-0.05, 0) is 36.2 Å². The van der Waals surface area contributed by atoms with Crippen molar-refractivity contribution in [3.63, 3.8) is 0 Å². The van der Waals surface area contributed by atoms with Gasteiger partial charge in [0.15, 0.2) is 0 Å². The Morgan fingerprint density at radius 3 is 2.61 bits per heavy atom. The van der Waals surface area contributed by atoms with E-state index >= 15 is 0 Å². The average molecular weight is 432 g/mol. The second kappa shape index (κ2) is 10.2. The van der Waals surface area contributed by atoms with E-state index in [9.17, 15) is 4.79 Å². The third-order valence-corrected chi connectivity index (χ3v) is 6.29. The van der Waals surface area contributed by atoms with Crippen LogP contribution in [0, 0.1) is 11.3 Å². The largest absolute Gasteiger partial charge is 0.370 e. The van der Waals surface area contributed by atoms with Gasteiger partial charge in [-0.15, -0.1) is 11.3 Å². The van der Waals surface area contributed by atoms with Crippen molar-refractivity contribution in [3.05, 3.63) is 82.3 Å². The molecule has 1 fully saturated rings. The molecule has 1 aromatic heterocycles. The smallest absolute Gasteiger partial charge is 0.235 e. The van der Waals surface area contributed by atoms with Crippen LogP contribution in [0.1, 0.15) is 28.6 Å². The molecule has 1 amide bonds. The minimum atomic E-state index is -0.226. The summed E-state index contributed by atoms with van der Waals surface area (Å²) in [5, 5.41) is 15.0. The molecule has 3 aromatic rings. The number of nitriles is 1. The summed E-state index contributed by atoms with van der Waals surface area (Å²) in [6.45, 7) is 3.87. The first-order chi connectivity index (χ1) is 15.2. The lowest BCUT2D eigenvalue weighted by atomic mass is 10.1. The number of nitrogens with one attached hydrogen (secondary N) is 1. The molecular formula is C24H25N5OS. The molecule has 7 heteroatoms. The Bertz CT molecular complexity index is 1010. The van der Waals surface area contributed by atoms with Crippen LogP contribution in [0.25, 0.3) is 0 Å². The first-order valence-electron chi connectivity index (χ1n) is 10.4. The van der Waals surface area contributed by atoms with Crippen molar-refractivity contribution in [1.29, 1.82) is 5.26 Å². The van der Waals surface area contributed by atoms with Gasteiger partial charge >= 0.3 is 0 Å². The summed E-state index contributed by atoms with van der Waals surface area (Å²) in [5.41, 5.74) is 2.83. The highest BCUT2D eigenvalue weighted by atomic mass is 32.1. The number of hydrogen-bond donors (Lipinski definition) is 1. The van der Waals surface area contributed by atoms with Crippen LogP contribution in [0.2, 0.25) is 0 Å². The maximum atomic E-state index is 12.9. The Morgan fingerprint density at radius 1 is 1.10 bits per heavy atom. The molecule has 1 unspecified atom stereocenters. The first-order valence-corrected chi connectivity index (χ1v) is 11.3. The molecule has 0 radical (unpaired) electrons. The van der Waals surface area contributed by atoms with Crippen LogP contribution >= 0.6 is 11.3 Å². The van der Waals surface area contributed by atoms with E-state index in [2.05, 4.69) is 26.2 Å². The maximum absolute atomic E-state index is 12.9. The van der Waals surface area contributed by atoms with Crippen molar-refractivity contribution in [1.82, 2.24) is 15.2 Å². The fourth-order valence-electron chi connectivity index (χ4n) is 3.85. The van der Waals surface area contributed by atoms with Crippen LogP contribution in [-0.4, -0.2) is 48.5 Å². The minimum Gasteiger partial charge on any atom is -0.370 e. The Kier molecular flexibility index (Phi) is 6.92. The number of thiazole rings is 1. The molecule has 1 aliphatic rings. The zero-order chi connectivity index (χ0) is 21.5. The summed E-state index contributed by atoms with van der Waals surface area (Å²) in [5.74, 6) is 0.0101. The van der Waals surface area contributed by atoms with Gasteiger partial charge in [0, 0.05) is 43.4 Å². The molecule has 0 spiro atoms. The van der Waals surface area contributed by atoms with Crippen LogP contribution in [0.4, 0.5) is 5.69 Å². The second-order valence-corrected chi connectivity index (χ2v) is 8.48. The Morgan fingerprint density at radius 2 is 1.90 bits per heavy atom. The van der Waals surface area contributed by atoms with Gasteiger partial charge in [-0.1, -0.05) is 30.3 Å². The highest BCUT2D eigenvalue weighted by Crippen LogP contribution is 2.24. The third kappa shape index (κ3) is 5.48. The van der Waals surface area contributed by atoms with Gasteiger partial charge in [0.25, 0.3) is 0 Å². The van der Waals surface area contributed by atoms with Gasteiger partial charge < -0.3 is 10.2 Å². The average Bonchev–Trinajstić information content (AvgIpc) is 3.25. The van der Waals surface area contributed by atoms with E-state index in [0.29, 0.717) is 12.1 Å². The lowest BCUT2D eigenvalue weighted by Gasteiger charge is -2.24. The molecule has 0 saturated carbocycles. The van der Waals surface area contributed by atoms with Gasteiger partial charge in [0.05, 0.1) is 18.2 Å². The highest BCUT2D eigenvalue weighted by molar-refractivity contribution is 7.09. The minimum absolute atomic E-state index is 0.0101. The number of aromatic nitrogens is 1. The van der Waals surface area contributed by atoms with Crippen molar-refractivity contribution in [2.24, 2.45) is 0 Å².